The molecule has 31 heavy (non-hydrogen) atoms. The molecule has 2 saturated carbocycles. The Kier molecular flexibility index (Phi) is 8.11. The van der Waals surface area contributed by atoms with Crippen LogP contribution < -0.4 is 5.73 Å². The van der Waals surface area contributed by atoms with Gasteiger partial charge in [0, 0.05) is 24.7 Å². The summed E-state index contributed by atoms with van der Waals surface area (Å²) in [4.78, 5) is 8.64. The van der Waals surface area contributed by atoms with E-state index in [4.69, 9.17) is 15.0 Å². The number of hydrogen-bond donors (Lipinski definition) is 1. The van der Waals surface area contributed by atoms with Crippen LogP contribution in [0.2, 0.25) is 0 Å². The number of nitrogens with two attached hydrogens (primary N) is 1. The minimum atomic E-state index is 0.246. The van der Waals surface area contributed by atoms with E-state index in [1.165, 1.54) is 63.4 Å². The third-order valence-corrected chi connectivity index (χ3v) is 6.40. The number of nitrogens with zero attached hydrogens (tertiary/aromatic N) is 3. The van der Waals surface area contributed by atoms with Crippen molar-refractivity contribution in [3.05, 3.63) is 29.8 Å². The summed E-state index contributed by atoms with van der Waals surface area (Å²) in [5.74, 6) is 2.38. The molecule has 0 atom stereocenters. The predicted molar refractivity (Wildman–Crippen MR) is 123 cm³/mol. The van der Waals surface area contributed by atoms with Gasteiger partial charge >= 0.3 is 6.01 Å². The predicted octanol–water partition coefficient (Wildman–Crippen LogP) is 5.84. The molecule has 2 fully saturated rings. The van der Waals surface area contributed by atoms with E-state index in [0.29, 0.717) is 17.6 Å². The highest BCUT2D eigenvalue weighted by Gasteiger charge is 2.26. The first kappa shape index (κ1) is 22.0. The first-order chi connectivity index (χ1) is 15.3. The van der Waals surface area contributed by atoms with Crippen LogP contribution in [-0.4, -0.2) is 29.2 Å². The SMILES string of the molecule is NC(=Nc1nc(-c2cccc(CCCCCCOCC3CCCCC3)c2)no1)C1CC1. The minimum Gasteiger partial charge on any atom is -0.387 e. The fourth-order valence-electron chi connectivity index (χ4n) is 4.32. The van der Waals surface area contributed by atoms with Crippen LogP contribution in [0.4, 0.5) is 6.01 Å². The van der Waals surface area contributed by atoms with Gasteiger partial charge in [-0.25, -0.2) is 0 Å². The van der Waals surface area contributed by atoms with Crippen molar-refractivity contribution in [3.63, 3.8) is 0 Å². The lowest BCUT2D eigenvalue weighted by atomic mass is 9.90. The number of rotatable bonds is 12. The molecule has 1 aromatic carbocycles. The first-order valence-electron chi connectivity index (χ1n) is 12.1. The van der Waals surface area contributed by atoms with Crippen LogP contribution in [0.1, 0.15) is 76.2 Å². The molecular weight excluding hydrogens is 388 g/mol. The van der Waals surface area contributed by atoms with Crippen molar-refractivity contribution in [2.45, 2.75) is 77.0 Å². The number of unbranched alkanes of at least 4 members (excludes halogenated alkanes) is 3. The second-order valence-electron chi connectivity index (χ2n) is 9.16. The lowest BCUT2D eigenvalue weighted by Gasteiger charge is -2.21. The summed E-state index contributed by atoms with van der Waals surface area (Å²) in [6.07, 6.45) is 15.0. The molecule has 168 valence electrons. The van der Waals surface area contributed by atoms with Crippen LogP contribution >= 0.6 is 0 Å². The molecule has 4 rings (SSSR count). The Balaban J connectivity index is 1.14. The van der Waals surface area contributed by atoms with Gasteiger partial charge in [-0.05, 0) is 62.5 Å². The Labute approximate surface area is 185 Å². The third kappa shape index (κ3) is 7.17. The molecule has 2 N–H and O–H groups in total. The van der Waals surface area contributed by atoms with Gasteiger partial charge in [-0.3, -0.25) is 0 Å². The molecule has 2 aromatic rings. The summed E-state index contributed by atoms with van der Waals surface area (Å²) >= 11 is 0. The maximum atomic E-state index is 5.94. The molecule has 6 heteroatoms. The molecule has 0 bridgehead atoms. The lowest BCUT2D eigenvalue weighted by molar-refractivity contribution is 0.0824. The summed E-state index contributed by atoms with van der Waals surface area (Å²) in [5, 5.41) is 4.07. The van der Waals surface area contributed by atoms with Crippen LogP contribution in [0, 0.1) is 11.8 Å². The number of aliphatic imine (C=N–C) groups is 1. The highest BCUT2D eigenvalue weighted by atomic mass is 16.5. The first-order valence-corrected chi connectivity index (χ1v) is 12.1. The van der Waals surface area contributed by atoms with Gasteiger partial charge in [0.1, 0.15) is 5.84 Å². The normalized spacial score (nSPS) is 17.9. The summed E-state index contributed by atoms with van der Waals surface area (Å²) in [6, 6.07) is 8.63. The highest BCUT2D eigenvalue weighted by Crippen LogP contribution is 2.30. The number of aryl methyl sites for hydroxylation is 1. The van der Waals surface area contributed by atoms with Crippen LogP contribution in [0.5, 0.6) is 0 Å². The zero-order valence-electron chi connectivity index (χ0n) is 18.6. The standard InChI is InChI=1S/C25H36N4O2/c26-23(21-14-15-21)27-25-28-24(29-31-25)22-13-8-12-19(17-22)9-4-1-2-7-16-30-18-20-10-5-3-6-11-20/h8,12-13,17,20-21H,1-7,9-11,14-16,18H2,(H2,26,27,28,29). The van der Waals surface area contributed by atoms with Gasteiger partial charge in [-0.2, -0.15) is 9.98 Å². The number of hydrogen-bond acceptors (Lipinski definition) is 5. The monoisotopic (exact) mass is 424 g/mol. The van der Waals surface area contributed by atoms with Crippen molar-refractivity contribution in [1.29, 1.82) is 0 Å². The largest absolute Gasteiger partial charge is 0.387 e. The topological polar surface area (TPSA) is 86.5 Å². The fraction of sp³-hybridized carbons (Fsp3) is 0.640. The van der Waals surface area contributed by atoms with Crippen molar-refractivity contribution in [2.24, 2.45) is 22.6 Å². The number of ether oxygens (including phenoxy) is 1. The van der Waals surface area contributed by atoms with E-state index in [2.05, 4.69) is 33.3 Å². The second-order valence-corrected chi connectivity index (χ2v) is 9.16. The average Bonchev–Trinajstić information content (AvgIpc) is 3.56. The van der Waals surface area contributed by atoms with Crippen molar-refractivity contribution in [2.75, 3.05) is 13.2 Å². The Hall–Kier alpha value is -2.21. The molecule has 0 unspecified atom stereocenters. The Morgan fingerprint density at radius 3 is 2.74 bits per heavy atom. The molecule has 0 amide bonds. The quantitative estimate of drug-likeness (QED) is 0.263. The molecule has 0 radical (unpaired) electrons. The maximum Gasteiger partial charge on any atom is 0.349 e. The van der Waals surface area contributed by atoms with E-state index in [1.807, 2.05) is 6.07 Å². The number of amidine groups is 1. The molecule has 1 aromatic heterocycles. The average molecular weight is 425 g/mol. The van der Waals surface area contributed by atoms with E-state index in [1.54, 1.807) is 0 Å². The van der Waals surface area contributed by atoms with Crippen LogP contribution in [0.15, 0.2) is 33.8 Å². The molecule has 6 nitrogen and oxygen atoms in total. The fourth-order valence-corrected chi connectivity index (χ4v) is 4.32. The van der Waals surface area contributed by atoms with Gasteiger partial charge in [-0.15, -0.1) is 0 Å². The van der Waals surface area contributed by atoms with E-state index >= 15 is 0 Å². The minimum absolute atomic E-state index is 0.246. The molecule has 0 aliphatic heterocycles. The number of aromatic nitrogens is 2. The highest BCUT2D eigenvalue weighted by molar-refractivity contribution is 5.86. The van der Waals surface area contributed by atoms with E-state index in [9.17, 15) is 0 Å². The van der Waals surface area contributed by atoms with Crippen LogP contribution in [0.25, 0.3) is 11.4 Å². The van der Waals surface area contributed by atoms with Gasteiger partial charge in [0.15, 0.2) is 0 Å². The Morgan fingerprint density at radius 2 is 1.90 bits per heavy atom. The molecule has 2 aliphatic rings. The second kappa shape index (κ2) is 11.4. The molecule has 0 spiro atoms. The molecule has 2 aliphatic carbocycles. The van der Waals surface area contributed by atoms with Crippen molar-refractivity contribution in [3.8, 4) is 11.4 Å². The smallest absolute Gasteiger partial charge is 0.349 e. The van der Waals surface area contributed by atoms with Crippen molar-refractivity contribution in [1.82, 2.24) is 10.1 Å². The van der Waals surface area contributed by atoms with Crippen LogP contribution in [0.3, 0.4) is 0 Å². The summed E-state index contributed by atoms with van der Waals surface area (Å²) in [6.45, 7) is 1.89. The zero-order valence-corrected chi connectivity index (χ0v) is 18.6. The van der Waals surface area contributed by atoms with Gasteiger partial charge in [-0.1, -0.05) is 55.5 Å². The summed E-state index contributed by atoms with van der Waals surface area (Å²) in [7, 11) is 0. The van der Waals surface area contributed by atoms with Gasteiger partial charge < -0.3 is 15.0 Å². The molecule has 1 heterocycles. The number of benzene rings is 1. The maximum absolute atomic E-state index is 5.94. The summed E-state index contributed by atoms with van der Waals surface area (Å²) in [5.41, 5.74) is 8.20. The van der Waals surface area contributed by atoms with Gasteiger partial charge in [0.2, 0.25) is 5.82 Å². The Morgan fingerprint density at radius 1 is 1.06 bits per heavy atom. The Bertz CT molecular complexity index is 838. The van der Waals surface area contributed by atoms with Crippen LogP contribution in [-0.2, 0) is 11.2 Å². The van der Waals surface area contributed by atoms with E-state index < -0.39 is 0 Å². The van der Waals surface area contributed by atoms with E-state index in [-0.39, 0.29) is 6.01 Å². The van der Waals surface area contributed by atoms with E-state index in [0.717, 1.165) is 44.0 Å². The zero-order chi connectivity index (χ0) is 21.3. The van der Waals surface area contributed by atoms with Gasteiger partial charge in [0.25, 0.3) is 0 Å². The lowest BCUT2D eigenvalue weighted by Crippen LogP contribution is -2.13. The molecule has 0 saturated heterocycles. The molecular formula is C25H36N4O2. The van der Waals surface area contributed by atoms with Crippen molar-refractivity contribution < 1.29 is 9.26 Å². The van der Waals surface area contributed by atoms with Crippen molar-refractivity contribution >= 4 is 11.9 Å². The summed E-state index contributed by atoms with van der Waals surface area (Å²) < 4.78 is 11.2. The third-order valence-electron chi connectivity index (χ3n) is 6.40. The van der Waals surface area contributed by atoms with Gasteiger partial charge in [0.05, 0.1) is 0 Å².